The van der Waals surface area contributed by atoms with Crippen molar-refractivity contribution < 1.29 is 23.5 Å². The van der Waals surface area contributed by atoms with E-state index in [1.165, 1.54) is 0 Å². The maximum absolute atomic E-state index is 6.22. The molecule has 2 aliphatic heterocycles. The fourth-order valence-corrected chi connectivity index (χ4v) is 6.35. The van der Waals surface area contributed by atoms with Crippen LogP contribution in [0.4, 0.5) is 0 Å². The molecule has 0 spiro atoms. The Kier molecular flexibility index (Phi) is 9.19. The summed E-state index contributed by atoms with van der Waals surface area (Å²) in [6.45, 7) is 12.2. The summed E-state index contributed by atoms with van der Waals surface area (Å²) in [4.78, 5) is 0. The maximum Gasteiger partial charge on any atom is 0.487 e. The molecule has 2 saturated heterocycles. The molecule has 1 unspecified atom stereocenters. The standard InChI is InChI=1S/C32H42BIN6O5/c1-21-29(34)30(39(7)36-21)43-17-16-41-20-27-24(19-35-38(27)6)22-11-12-26-23(18-22)25(37-40(26)28-10-8-9-15-42-28)13-14-33-44-31(2,3)32(4,5)45-33/h11-14,18-19,28H,8-10,15-17,20H2,1-7H3/b14-13+. The van der Waals surface area contributed by atoms with Gasteiger partial charge in [0.15, 0.2) is 6.23 Å². The van der Waals surface area contributed by atoms with Crippen molar-refractivity contribution in [1.82, 2.24) is 29.3 Å². The summed E-state index contributed by atoms with van der Waals surface area (Å²) in [5.74, 6) is 2.71. The highest BCUT2D eigenvalue weighted by Gasteiger charge is 2.50. The summed E-state index contributed by atoms with van der Waals surface area (Å²) in [6, 6.07) is 6.44. The molecule has 0 amide bonds. The molecule has 0 saturated carbocycles. The van der Waals surface area contributed by atoms with Crippen LogP contribution in [0.25, 0.3) is 28.1 Å². The molecular formula is C32H42BIN6O5. The molecule has 4 aromatic rings. The molecule has 0 radical (unpaired) electrons. The van der Waals surface area contributed by atoms with Gasteiger partial charge in [0, 0.05) is 31.7 Å². The molecule has 1 atom stereocenters. The van der Waals surface area contributed by atoms with E-state index in [-0.39, 0.29) is 6.23 Å². The van der Waals surface area contributed by atoms with E-state index in [9.17, 15) is 0 Å². The summed E-state index contributed by atoms with van der Waals surface area (Å²) in [7, 11) is 3.37. The summed E-state index contributed by atoms with van der Waals surface area (Å²) < 4.78 is 37.3. The third-order valence-corrected chi connectivity index (χ3v) is 10.3. The van der Waals surface area contributed by atoms with Crippen LogP contribution in [0.1, 0.15) is 70.3 Å². The molecule has 0 N–H and O–H groups in total. The van der Waals surface area contributed by atoms with Crippen molar-refractivity contribution in [3.8, 4) is 17.0 Å². The first-order chi connectivity index (χ1) is 21.4. The topological polar surface area (TPSA) is 99.6 Å². The zero-order chi connectivity index (χ0) is 31.9. The first-order valence-electron chi connectivity index (χ1n) is 15.5. The smallest absolute Gasteiger partial charge is 0.475 e. The zero-order valence-electron chi connectivity index (χ0n) is 27.2. The highest BCUT2D eigenvalue weighted by atomic mass is 127. The third kappa shape index (κ3) is 6.46. The Hall–Kier alpha value is -2.72. The van der Waals surface area contributed by atoms with Gasteiger partial charge >= 0.3 is 7.12 Å². The zero-order valence-corrected chi connectivity index (χ0v) is 29.3. The molecule has 240 valence electrons. The monoisotopic (exact) mass is 728 g/mol. The molecule has 5 heterocycles. The SMILES string of the molecule is Cc1nn(C)c(OCCOCc2c(-c3ccc4c(c3)c(/C=C/B3OC(C)(C)C(C)(C)O3)nn4C3CCCCO3)cnn2C)c1I. The Morgan fingerprint density at radius 2 is 1.84 bits per heavy atom. The number of nitrogens with zero attached hydrogens (tertiary/aromatic N) is 6. The fraction of sp³-hybridized carbons (Fsp3) is 0.531. The molecule has 2 aliphatic rings. The Morgan fingerprint density at radius 3 is 2.53 bits per heavy atom. The van der Waals surface area contributed by atoms with Gasteiger partial charge in [0.05, 0.1) is 56.8 Å². The molecule has 3 aromatic heterocycles. The van der Waals surface area contributed by atoms with Crippen molar-refractivity contribution in [2.45, 2.75) is 77.9 Å². The average Bonchev–Trinajstić information content (AvgIpc) is 3.69. The summed E-state index contributed by atoms with van der Waals surface area (Å²) >= 11 is 2.26. The number of aromatic nitrogens is 6. The fourth-order valence-electron chi connectivity index (χ4n) is 5.74. The van der Waals surface area contributed by atoms with Crippen LogP contribution in [0, 0.1) is 10.5 Å². The predicted octanol–water partition coefficient (Wildman–Crippen LogP) is 6.02. The summed E-state index contributed by atoms with van der Waals surface area (Å²) in [5.41, 5.74) is 5.04. The highest BCUT2D eigenvalue weighted by molar-refractivity contribution is 14.1. The molecule has 11 nitrogen and oxygen atoms in total. The van der Waals surface area contributed by atoms with E-state index in [0.29, 0.717) is 19.8 Å². The number of aryl methyl sites for hydroxylation is 3. The van der Waals surface area contributed by atoms with Gasteiger partial charge < -0.3 is 23.5 Å². The van der Waals surface area contributed by atoms with E-state index in [1.807, 2.05) is 48.6 Å². The second-order valence-electron chi connectivity index (χ2n) is 12.7. The van der Waals surface area contributed by atoms with Crippen LogP contribution in [0.3, 0.4) is 0 Å². The Balaban J connectivity index is 1.24. The minimum absolute atomic E-state index is 0.0887. The normalized spacial score (nSPS) is 19.7. The first kappa shape index (κ1) is 32.2. The molecule has 0 bridgehead atoms. The van der Waals surface area contributed by atoms with Crippen LogP contribution < -0.4 is 4.74 Å². The number of hydrogen-bond donors (Lipinski definition) is 0. The number of ether oxygens (including phenoxy) is 3. The number of halogens is 1. The van der Waals surface area contributed by atoms with Gasteiger partial charge in [-0.2, -0.15) is 15.3 Å². The average molecular weight is 728 g/mol. The Labute approximate surface area is 278 Å². The minimum atomic E-state index is -0.458. The van der Waals surface area contributed by atoms with Gasteiger partial charge in [-0.3, -0.25) is 4.68 Å². The number of rotatable bonds is 10. The van der Waals surface area contributed by atoms with E-state index < -0.39 is 18.3 Å². The number of hydrogen-bond acceptors (Lipinski definition) is 8. The van der Waals surface area contributed by atoms with Crippen LogP contribution in [-0.4, -0.2) is 67.5 Å². The van der Waals surface area contributed by atoms with Gasteiger partial charge in [0.1, 0.15) is 6.61 Å². The predicted molar refractivity (Wildman–Crippen MR) is 182 cm³/mol. The molecule has 1 aromatic carbocycles. The van der Waals surface area contributed by atoms with Crippen molar-refractivity contribution in [2.24, 2.45) is 14.1 Å². The molecular weight excluding hydrogens is 686 g/mol. The molecule has 6 rings (SSSR count). The van der Waals surface area contributed by atoms with E-state index >= 15 is 0 Å². The van der Waals surface area contributed by atoms with E-state index in [0.717, 1.165) is 74.4 Å². The molecule has 0 aliphatic carbocycles. The second-order valence-corrected chi connectivity index (χ2v) is 13.8. The van der Waals surface area contributed by atoms with Gasteiger partial charge in [-0.15, -0.1) is 0 Å². The largest absolute Gasteiger partial charge is 0.487 e. The summed E-state index contributed by atoms with van der Waals surface area (Å²) in [5, 5.41) is 15.0. The van der Waals surface area contributed by atoms with Gasteiger partial charge in [0.2, 0.25) is 5.88 Å². The lowest BCUT2D eigenvalue weighted by Crippen LogP contribution is -2.41. The van der Waals surface area contributed by atoms with Crippen LogP contribution >= 0.6 is 22.6 Å². The number of fused-ring (bicyclic) bond motifs is 1. The first-order valence-corrected chi connectivity index (χ1v) is 16.6. The van der Waals surface area contributed by atoms with Crippen molar-refractivity contribution >= 4 is 46.7 Å². The van der Waals surface area contributed by atoms with E-state index in [1.54, 1.807) is 4.68 Å². The van der Waals surface area contributed by atoms with E-state index in [4.69, 9.17) is 28.6 Å². The quantitative estimate of drug-likeness (QED) is 0.111. The maximum atomic E-state index is 6.22. The van der Waals surface area contributed by atoms with Crippen molar-refractivity contribution in [3.05, 3.63) is 51.0 Å². The second kappa shape index (κ2) is 12.8. The third-order valence-electron chi connectivity index (χ3n) is 9.02. The van der Waals surface area contributed by atoms with Crippen molar-refractivity contribution in [1.29, 1.82) is 0 Å². The Morgan fingerprint density at radius 1 is 1.07 bits per heavy atom. The van der Waals surface area contributed by atoms with Crippen molar-refractivity contribution in [2.75, 3.05) is 19.8 Å². The Bertz CT molecular complexity index is 1690. The van der Waals surface area contributed by atoms with Crippen LogP contribution in [0.2, 0.25) is 0 Å². The summed E-state index contributed by atoms with van der Waals surface area (Å²) in [6.07, 6.45) is 6.95. The van der Waals surface area contributed by atoms with Gasteiger partial charge in [-0.25, -0.2) is 9.36 Å². The number of benzene rings is 1. The van der Waals surface area contributed by atoms with E-state index in [2.05, 4.69) is 78.7 Å². The van der Waals surface area contributed by atoms with Gasteiger partial charge in [-0.1, -0.05) is 12.0 Å². The van der Waals surface area contributed by atoms with Crippen LogP contribution in [-0.2, 0) is 39.5 Å². The highest BCUT2D eigenvalue weighted by Crippen LogP contribution is 2.38. The van der Waals surface area contributed by atoms with Gasteiger partial charge in [-0.05, 0) is 100 Å². The van der Waals surface area contributed by atoms with Crippen molar-refractivity contribution in [3.63, 3.8) is 0 Å². The van der Waals surface area contributed by atoms with Crippen LogP contribution in [0.5, 0.6) is 5.88 Å². The lowest BCUT2D eigenvalue weighted by molar-refractivity contribution is -0.0367. The molecule has 2 fully saturated rings. The van der Waals surface area contributed by atoms with Crippen LogP contribution in [0.15, 0.2) is 30.4 Å². The molecule has 45 heavy (non-hydrogen) atoms. The van der Waals surface area contributed by atoms with Gasteiger partial charge in [0.25, 0.3) is 0 Å². The lowest BCUT2D eigenvalue weighted by atomic mass is 9.89. The molecule has 13 heteroatoms. The minimum Gasteiger partial charge on any atom is -0.475 e. The lowest BCUT2D eigenvalue weighted by Gasteiger charge is -2.32.